The molecule has 0 aliphatic heterocycles. The van der Waals surface area contributed by atoms with E-state index in [1.807, 2.05) is 0 Å². The predicted molar refractivity (Wildman–Crippen MR) is 30.0 cm³/mol. The van der Waals surface area contributed by atoms with Crippen molar-refractivity contribution >= 4 is 0 Å². The zero-order valence-electron chi connectivity index (χ0n) is 5.15. The van der Waals surface area contributed by atoms with Gasteiger partial charge in [0, 0.05) is 0 Å². The van der Waals surface area contributed by atoms with Crippen LogP contribution in [0.25, 0.3) is 0 Å². The zero-order chi connectivity index (χ0) is 7.44. The fourth-order valence-electron chi connectivity index (χ4n) is 0.378. The fraction of sp³-hybridized carbons (Fsp3) is 0.800. The quantitative estimate of drug-likeness (QED) is 0.384. The summed E-state index contributed by atoms with van der Waals surface area (Å²) in [6, 6.07) is 0. The molecule has 0 aliphatic rings. The second-order valence-corrected chi connectivity index (χ2v) is 1.84. The van der Waals surface area contributed by atoms with Crippen LogP contribution in [0.1, 0.15) is 6.92 Å². The molecule has 0 fully saturated rings. The molecule has 0 saturated carbocycles. The molecule has 2 atom stereocenters. The van der Waals surface area contributed by atoms with Gasteiger partial charge >= 0.3 is 0 Å². The maximum Gasteiger partial charge on any atom is 0.121 e. The standard InChI is InChI=1S/C5H11O4/c1-3(7)5(9)4(8)2-6/h4-9H,2H2,1H3. The van der Waals surface area contributed by atoms with Crippen molar-refractivity contribution in [3.63, 3.8) is 0 Å². The van der Waals surface area contributed by atoms with Crippen LogP contribution in [0, 0.1) is 6.10 Å². The normalized spacial score (nSPS) is 18.0. The second-order valence-electron chi connectivity index (χ2n) is 1.84. The van der Waals surface area contributed by atoms with Gasteiger partial charge in [0.1, 0.15) is 18.3 Å². The largest absolute Gasteiger partial charge is 0.394 e. The van der Waals surface area contributed by atoms with Crippen molar-refractivity contribution in [2.45, 2.75) is 19.1 Å². The van der Waals surface area contributed by atoms with Crippen molar-refractivity contribution in [2.24, 2.45) is 0 Å². The van der Waals surface area contributed by atoms with Crippen LogP contribution in [0.2, 0.25) is 0 Å². The molecule has 55 valence electrons. The summed E-state index contributed by atoms with van der Waals surface area (Å²) in [5, 5.41) is 34.1. The predicted octanol–water partition coefficient (Wildman–Crippen LogP) is -1.38. The first-order valence-corrected chi connectivity index (χ1v) is 2.59. The molecule has 0 aliphatic carbocycles. The fourth-order valence-corrected chi connectivity index (χ4v) is 0.378. The molecule has 2 unspecified atom stereocenters. The van der Waals surface area contributed by atoms with Gasteiger partial charge in [0.25, 0.3) is 0 Å². The summed E-state index contributed by atoms with van der Waals surface area (Å²) in [7, 11) is 0. The number of hydrogen-bond donors (Lipinski definition) is 4. The zero-order valence-corrected chi connectivity index (χ0v) is 5.15. The van der Waals surface area contributed by atoms with Crippen LogP contribution in [0.4, 0.5) is 0 Å². The lowest BCUT2D eigenvalue weighted by Crippen LogP contribution is -2.33. The van der Waals surface area contributed by atoms with Gasteiger partial charge in [-0.2, -0.15) is 0 Å². The molecule has 9 heavy (non-hydrogen) atoms. The van der Waals surface area contributed by atoms with Crippen molar-refractivity contribution in [3.8, 4) is 0 Å². The highest BCUT2D eigenvalue weighted by atomic mass is 16.4. The summed E-state index contributed by atoms with van der Waals surface area (Å²) in [5.41, 5.74) is 0. The van der Waals surface area contributed by atoms with Gasteiger partial charge in [-0.3, -0.25) is 0 Å². The highest BCUT2D eigenvalue weighted by molar-refractivity contribution is 4.84. The molecule has 0 aromatic heterocycles. The summed E-state index contributed by atoms with van der Waals surface area (Å²) in [5.74, 6) is 0. The molecular formula is C5H11O4. The van der Waals surface area contributed by atoms with Crippen molar-refractivity contribution in [1.29, 1.82) is 0 Å². The van der Waals surface area contributed by atoms with Crippen LogP contribution in [-0.4, -0.2) is 39.2 Å². The van der Waals surface area contributed by atoms with E-state index in [0.717, 1.165) is 0 Å². The lowest BCUT2D eigenvalue weighted by atomic mass is 10.1. The van der Waals surface area contributed by atoms with Crippen LogP contribution in [0.15, 0.2) is 0 Å². The van der Waals surface area contributed by atoms with Gasteiger partial charge in [0.15, 0.2) is 0 Å². The van der Waals surface area contributed by atoms with E-state index in [2.05, 4.69) is 0 Å². The van der Waals surface area contributed by atoms with E-state index in [-0.39, 0.29) is 6.10 Å². The number of aliphatic hydroxyl groups is 4. The Morgan fingerprint density at radius 3 is 2.00 bits per heavy atom. The molecule has 0 aromatic carbocycles. The molecule has 0 amide bonds. The van der Waals surface area contributed by atoms with Crippen LogP contribution >= 0.6 is 0 Å². The van der Waals surface area contributed by atoms with E-state index in [1.54, 1.807) is 0 Å². The Morgan fingerprint density at radius 2 is 1.89 bits per heavy atom. The third-order valence-corrected chi connectivity index (χ3v) is 0.980. The van der Waals surface area contributed by atoms with E-state index in [9.17, 15) is 0 Å². The van der Waals surface area contributed by atoms with Crippen LogP contribution in [0.3, 0.4) is 0 Å². The van der Waals surface area contributed by atoms with Crippen molar-refractivity contribution in [1.82, 2.24) is 0 Å². The van der Waals surface area contributed by atoms with Gasteiger partial charge in [0.2, 0.25) is 0 Å². The minimum absolute atomic E-state index is 0.295. The highest BCUT2D eigenvalue weighted by Gasteiger charge is 2.20. The molecule has 0 bridgehead atoms. The molecule has 0 rings (SSSR count). The summed E-state index contributed by atoms with van der Waals surface area (Å²) >= 11 is 0. The minimum Gasteiger partial charge on any atom is -0.394 e. The van der Waals surface area contributed by atoms with Gasteiger partial charge in [-0.25, -0.2) is 0 Å². The smallest absolute Gasteiger partial charge is 0.121 e. The molecule has 0 heterocycles. The monoisotopic (exact) mass is 135 g/mol. The molecule has 4 heteroatoms. The summed E-state index contributed by atoms with van der Waals surface area (Å²) < 4.78 is 0. The summed E-state index contributed by atoms with van der Waals surface area (Å²) in [6.07, 6.45) is -2.92. The lowest BCUT2D eigenvalue weighted by Gasteiger charge is -2.16. The van der Waals surface area contributed by atoms with Gasteiger partial charge in [-0.05, 0) is 6.92 Å². The second kappa shape index (κ2) is 3.79. The van der Waals surface area contributed by atoms with Gasteiger partial charge in [-0.15, -0.1) is 0 Å². The number of rotatable bonds is 3. The van der Waals surface area contributed by atoms with Gasteiger partial charge < -0.3 is 20.4 Å². The molecule has 0 saturated heterocycles. The first-order valence-electron chi connectivity index (χ1n) is 2.59. The molecule has 4 nitrogen and oxygen atoms in total. The van der Waals surface area contributed by atoms with Crippen LogP contribution in [0.5, 0.6) is 0 Å². The van der Waals surface area contributed by atoms with Gasteiger partial charge in [0.05, 0.1) is 6.61 Å². The van der Waals surface area contributed by atoms with E-state index in [4.69, 9.17) is 20.4 Å². The maximum absolute atomic E-state index is 8.70. The molecule has 0 aromatic rings. The Bertz CT molecular complexity index is 73.4. The topological polar surface area (TPSA) is 80.9 Å². The Hall–Kier alpha value is -0.160. The van der Waals surface area contributed by atoms with Crippen molar-refractivity contribution in [2.75, 3.05) is 6.61 Å². The Labute approximate surface area is 53.4 Å². The molecule has 1 radical (unpaired) electrons. The molecular weight excluding hydrogens is 124 g/mol. The van der Waals surface area contributed by atoms with Crippen LogP contribution < -0.4 is 0 Å². The molecule has 4 N–H and O–H groups in total. The average molecular weight is 135 g/mol. The highest BCUT2D eigenvalue weighted by Crippen LogP contribution is 2.04. The third-order valence-electron chi connectivity index (χ3n) is 0.980. The molecule has 0 spiro atoms. The summed E-state index contributed by atoms with van der Waals surface area (Å²) in [6.45, 7) is 0.697. The van der Waals surface area contributed by atoms with Gasteiger partial charge in [-0.1, -0.05) is 0 Å². The minimum atomic E-state index is -1.34. The van der Waals surface area contributed by atoms with E-state index >= 15 is 0 Å². The van der Waals surface area contributed by atoms with Crippen molar-refractivity contribution in [3.05, 3.63) is 6.10 Å². The maximum atomic E-state index is 8.70. The Morgan fingerprint density at radius 1 is 1.44 bits per heavy atom. The Kier molecular flexibility index (Phi) is 3.72. The van der Waals surface area contributed by atoms with Crippen LogP contribution in [-0.2, 0) is 0 Å². The first-order chi connectivity index (χ1) is 4.09. The van der Waals surface area contributed by atoms with E-state index in [0.29, 0.717) is 0 Å². The third kappa shape index (κ3) is 2.76. The number of aliphatic hydroxyl groups excluding tert-OH is 4. The summed E-state index contributed by atoms with van der Waals surface area (Å²) in [4.78, 5) is 0. The first kappa shape index (κ1) is 8.84. The average Bonchev–Trinajstić information content (AvgIpc) is 1.84. The van der Waals surface area contributed by atoms with E-state index in [1.165, 1.54) is 6.92 Å². The lowest BCUT2D eigenvalue weighted by molar-refractivity contribution is -0.0335. The number of hydrogen-bond acceptors (Lipinski definition) is 4. The Balaban J connectivity index is 3.58. The van der Waals surface area contributed by atoms with E-state index < -0.39 is 18.8 Å². The van der Waals surface area contributed by atoms with Crippen molar-refractivity contribution < 1.29 is 20.4 Å². The SMILES string of the molecule is C[C](O)C(O)C(O)CO.